The van der Waals surface area contributed by atoms with Crippen LogP contribution >= 0.6 is 0 Å². The van der Waals surface area contributed by atoms with E-state index >= 15 is 0 Å². The zero-order valence-corrected chi connectivity index (χ0v) is 13.0. The maximum absolute atomic E-state index is 11.2. The van der Waals surface area contributed by atoms with E-state index in [2.05, 4.69) is 41.4 Å². The van der Waals surface area contributed by atoms with Crippen LogP contribution in [0.4, 0.5) is 0 Å². The van der Waals surface area contributed by atoms with Gasteiger partial charge in [0.15, 0.2) is 0 Å². The highest BCUT2D eigenvalue weighted by molar-refractivity contribution is 5.73. The second-order valence-electron chi connectivity index (χ2n) is 5.91. The third-order valence-corrected chi connectivity index (χ3v) is 4.36. The van der Waals surface area contributed by atoms with Gasteiger partial charge in [-0.1, -0.05) is 43.7 Å². The smallest absolute Gasteiger partial charge is 0.320 e. The van der Waals surface area contributed by atoms with Gasteiger partial charge in [-0.15, -0.1) is 0 Å². The minimum Gasteiger partial charge on any atom is -0.480 e. The largest absolute Gasteiger partial charge is 0.480 e. The Labute approximate surface area is 127 Å². The summed E-state index contributed by atoms with van der Waals surface area (Å²) >= 11 is 0. The van der Waals surface area contributed by atoms with Crippen LogP contribution in [0.2, 0.25) is 0 Å². The lowest BCUT2D eigenvalue weighted by atomic mass is 10.1. The fourth-order valence-corrected chi connectivity index (χ4v) is 3.07. The number of likely N-dealkylation sites (tertiary alicyclic amines) is 1. The number of carboxylic acids is 1. The fourth-order valence-electron chi connectivity index (χ4n) is 3.07. The number of nitrogens with one attached hydrogen (secondary N) is 1. The number of hydrogen-bond acceptors (Lipinski definition) is 3. The van der Waals surface area contributed by atoms with Gasteiger partial charge in [0, 0.05) is 25.2 Å². The van der Waals surface area contributed by atoms with Crippen molar-refractivity contribution in [1.29, 1.82) is 0 Å². The van der Waals surface area contributed by atoms with Gasteiger partial charge in [-0.25, -0.2) is 0 Å². The molecule has 1 aromatic carbocycles. The number of rotatable bonds is 7. The maximum Gasteiger partial charge on any atom is 0.320 e. The zero-order valence-electron chi connectivity index (χ0n) is 13.0. The molecule has 21 heavy (non-hydrogen) atoms. The molecule has 0 radical (unpaired) electrons. The predicted octanol–water partition coefficient (Wildman–Crippen LogP) is 2.66. The van der Waals surface area contributed by atoms with Crippen molar-refractivity contribution in [3.05, 3.63) is 35.9 Å². The lowest BCUT2D eigenvalue weighted by Crippen LogP contribution is -2.44. The molecule has 3 atom stereocenters. The lowest BCUT2D eigenvalue weighted by Gasteiger charge is -2.25. The van der Waals surface area contributed by atoms with Gasteiger partial charge in [0.05, 0.1) is 0 Å². The highest BCUT2D eigenvalue weighted by Gasteiger charge is 2.29. The molecule has 0 bridgehead atoms. The van der Waals surface area contributed by atoms with Crippen LogP contribution in [0.25, 0.3) is 0 Å². The van der Waals surface area contributed by atoms with E-state index in [-0.39, 0.29) is 6.04 Å². The number of carbonyl (C=O) groups is 1. The predicted molar refractivity (Wildman–Crippen MR) is 84.3 cm³/mol. The third kappa shape index (κ3) is 4.29. The van der Waals surface area contributed by atoms with Crippen LogP contribution in [0.15, 0.2) is 30.3 Å². The standard InChI is InChI=1S/C17H26N2O2/c1-3-7-16(17(20)21)18-15-10-11-19(12-15)13(2)14-8-5-4-6-9-14/h4-6,8-9,13,15-16,18H,3,7,10-12H2,1-2H3,(H,20,21). The van der Waals surface area contributed by atoms with Crippen molar-refractivity contribution in [2.75, 3.05) is 13.1 Å². The Balaban J connectivity index is 1.89. The Kier molecular flexibility index (Phi) is 5.76. The highest BCUT2D eigenvalue weighted by Crippen LogP contribution is 2.24. The van der Waals surface area contributed by atoms with Gasteiger partial charge in [-0.3, -0.25) is 9.69 Å². The molecule has 1 aromatic rings. The quantitative estimate of drug-likeness (QED) is 0.810. The van der Waals surface area contributed by atoms with Gasteiger partial charge in [-0.2, -0.15) is 0 Å². The molecule has 1 aliphatic rings. The number of carboxylic acid groups (broad SMARTS) is 1. The molecule has 0 aromatic heterocycles. The summed E-state index contributed by atoms with van der Waals surface area (Å²) < 4.78 is 0. The molecular formula is C17H26N2O2. The number of hydrogen-bond donors (Lipinski definition) is 2. The Hall–Kier alpha value is -1.39. The summed E-state index contributed by atoms with van der Waals surface area (Å²) in [6, 6.07) is 10.7. The number of aliphatic carboxylic acids is 1. The molecule has 0 saturated carbocycles. The molecule has 3 unspecified atom stereocenters. The van der Waals surface area contributed by atoms with Crippen LogP contribution < -0.4 is 5.32 Å². The molecule has 0 aliphatic carbocycles. The van der Waals surface area contributed by atoms with Gasteiger partial charge in [0.25, 0.3) is 0 Å². The number of nitrogens with zero attached hydrogens (tertiary/aromatic N) is 1. The van der Waals surface area contributed by atoms with Gasteiger partial charge >= 0.3 is 5.97 Å². The van der Waals surface area contributed by atoms with Crippen molar-refractivity contribution in [2.24, 2.45) is 0 Å². The average Bonchev–Trinajstić information content (AvgIpc) is 2.95. The SMILES string of the molecule is CCCC(NC1CCN(C(C)c2ccccc2)C1)C(=O)O. The first-order valence-electron chi connectivity index (χ1n) is 7.89. The molecule has 0 spiro atoms. The van der Waals surface area contributed by atoms with Crippen LogP contribution in [0.3, 0.4) is 0 Å². The van der Waals surface area contributed by atoms with E-state index in [1.165, 1.54) is 5.56 Å². The Bertz CT molecular complexity index is 449. The summed E-state index contributed by atoms with van der Waals surface area (Å²) in [4.78, 5) is 13.7. The van der Waals surface area contributed by atoms with Crippen molar-refractivity contribution in [3.63, 3.8) is 0 Å². The van der Waals surface area contributed by atoms with Gasteiger partial charge < -0.3 is 10.4 Å². The molecule has 4 nitrogen and oxygen atoms in total. The molecule has 2 rings (SSSR count). The van der Waals surface area contributed by atoms with E-state index in [0.717, 1.165) is 25.9 Å². The van der Waals surface area contributed by atoms with Crippen molar-refractivity contribution in [2.45, 2.75) is 51.2 Å². The molecule has 1 aliphatic heterocycles. The van der Waals surface area contributed by atoms with E-state index in [9.17, 15) is 9.90 Å². The minimum absolute atomic E-state index is 0.281. The number of benzene rings is 1. The molecule has 1 saturated heterocycles. The molecule has 0 amide bonds. The topological polar surface area (TPSA) is 52.6 Å². The maximum atomic E-state index is 11.2. The Morgan fingerprint density at radius 1 is 1.43 bits per heavy atom. The van der Waals surface area contributed by atoms with Gasteiger partial charge in [-0.05, 0) is 25.3 Å². The van der Waals surface area contributed by atoms with Crippen LogP contribution in [0.1, 0.15) is 44.7 Å². The molecule has 4 heteroatoms. The molecule has 116 valence electrons. The van der Waals surface area contributed by atoms with Crippen molar-refractivity contribution in [1.82, 2.24) is 10.2 Å². The van der Waals surface area contributed by atoms with E-state index in [1.54, 1.807) is 0 Å². The second-order valence-corrected chi connectivity index (χ2v) is 5.91. The summed E-state index contributed by atoms with van der Waals surface area (Å²) in [5, 5.41) is 12.6. The summed E-state index contributed by atoms with van der Waals surface area (Å²) in [5.74, 6) is -0.730. The minimum atomic E-state index is -0.730. The van der Waals surface area contributed by atoms with Crippen molar-refractivity contribution < 1.29 is 9.90 Å². The first-order chi connectivity index (χ1) is 10.1. The van der Waals surface area contributed by atoms with Crippen LogP contribution in [0, 0.1) is 0 Å². The highest BCUT2D eigenvalue weighted by atomic mass is 16.4. The lowest BCUT2D eigenvalue weighted by molar-refractivity contribution is -0.139. The fraction of sp³-hybridized carbons (Fsp3) is 0.588. The Morgan fingerprint density at radius 3 is 2.76 bits per heavy atom. The van der Waals surface area contributed by atoms with Crippen LogP contribution in [0.5, 0.6) is 0 Å². The Morgan fingerprint density at radius 2 is 2.14 bits per heavy atom. The average molecular weight is 290 g/mol. The monoisotopic (exact) mass is 290 g/mol. The van der Waals surface area contributed by atoms with E-state index in [0.29, 0.717) is 12.5 Å². The van der Waals surface area contributed by atoms with Crippen LogP contribution in [-0.2, 0) is 4.79 Å². The zero-order chi connectivity index (χ0) is 15.2. The molecule has 2 N–H and O–H groups in total. The third-order valence-electron chi connectivity index (χ3n) is 4.36. The van der Waals surface area contributed by atoms with Crippen LogP contribution in [-0.4, -0.2) is 41.1 Å². The molecule has 1 heterocycles. The second kappa shape index (κ2) is 7.57. The van der Waals surface area contributed by atoms with Crippen molar-refractivity contribution >= 4 is 5.97 Å². The summed E-state index contributed by atoms with van der Waals surface area (Å²) in [6.07, 6.45) is 2.60. The summed E-state index contributed by atoms with van der Waals surface area (Å²) in [6.45, 7) is 6.18. The van der Waals surface area contributed by atoms with E-state index < -0.39 is 12.0 Å². The van der Waals surface area contributed by atoms with Crippen molar-refractivity contribution in [3.8, 4) is 0 Å². The first kappa shape index (κ1) is 16.0. The summed E-state index contributed by atoms with van der Waals surface area (Å²) in [5.41, 5.74) is 1.32. The molecular weight excluding hydrogens is 264 g/mol. The van der Waals surface area contributed by atoms with Gasteiger partial charge in [0.1, 0.15) is 6.04 Å². The summed E-state index contributed by atoms with van der Waals surface area (Å²) in [7, 11) is 0. The first-order valence-corrected chi connectivity index (χ1v) is 7.89. The van der Waals surface area contributed by atoms with Gasteiger partial charge in [0.2, 0.25) is 0 Å². The molecule has 1 fully saturated rings. The van der Waals surface area contributed by atoms with E-state index in [1.807, 2.05) is 13.0 Å². The van der Waals surface area contributed by atoms with E-state index in [4.69, 9.17) is 0 Å². The normalized spacial score (nSPS) is 22.1.